The van der Waals surface area contributed by atoms with Gasteiger partial charge in [0.05, 0.1) is 12.7 Å². The van der Waals surface area contributed by atoms with E-state index < -0.39 is 5.97 Å². The number of carbonyl (C=O) groups excluding carboxylic acids is 2. The standard InChI is InChI=1S/C20H26N2O4/c1-13(2)22-14(3)10-17(15(22)4)20(24)26-12-19(23)21-11-16-8-6-7-9-18(16)25-5/h6-10,13H,11-12H2,1-5H3,(H,21,23). The van der Waals surface area contributed by atoms with Crippen molar-refractivity contribution in [2.24, 2.45) is 0 Å². The molecule has 1 heterocycles. The minimum Gasteiger partial charge on any atom is -0.496 e. The van der Waals surface area contributed by atoms with E-state index in [0.717, 1.165) is 17.0 Å². The number of hydrogen-bond acceptors (Lipinski definition) is 4. The molecule has 2 aromatic rings. The third-order valence-corrected chi connectivity index (χ3v) is 4.22. The first-order chi connectivity index (χ1) is 12.3. The van der Waals surface area contributed by atoms with Crippen LogP contribution in [0.15, 0.2) is 30.3 Å². The van der Waals surface area contributed by atoms with Crippen molar-refractivity contribution in [1.29, 1.82) is 0 Å². The van der Waals surface area contributed by atoms with E-state index in [1.54, 1.807) is 13.2 Å². The Morgan fingerprint density at radius 2 is 1.88 bits per heavy atom. The van der Waals surface area contributed by atoms with Crippen LogP contribution in [0.4, 0.5) is 0 Å². The Balaban J connectivity index is 1.91. The van der Waals surface area contributed by atoms with Gasteiger partial charge in [-0.05, 0) is 39.8 Å². The summed E-state index contributed by atoms with van der Waals surface area (Å²) in [6.07, 6.45) is 0. The van der Waals surface area contributed by atoms with Crippen LogP contribution in [0.5, 0.6) is 5.75 Å². The SMILES string of the molecule is COc1ccccc1CNC(=O)COC(=O)c1cc(C)n(C(C)C)c1C. The zero-order chi connectivity index (χ0) is 19.3. The van der Waals surface area contributed by atoms with Gasteiger partial charge in [-0.25, -0.2) is 4.79 Å². The lowest BCUT2D eigenvalue weighted by Gasteiger charge is -2.13. The average molecular weight is 358 g/mol. The van der Waals surface area contributed by atoms with Gasteiger partial charge in [0.2, 0.25) is 0 Å². The van der Waals surface area contributed by atoms with Crippen LogP contribution in [0.25, 0.3) is 0 Å². The number of amides is 1. The molecule has 0 unspecified atom stereocenters. The molecule has 0 bridgehead atoms. The monoisotopic (exact) mass is 358 g/mol. The van der Waals surface area contributed by atoms with Crippen molar-refractivity contribution >= 4 is 11.9 Å². The molecular formula is C20H26N2O4. The number of nitrogens with one attached hydrogen (secondary N) is 1. The molecule has 6 nitrogen and oxygen atoms in total. The van der Waals surface area contributed by atoms with Crippen LogP contribution in [0.1, 0.15) is 47.2 Å². The first-order valence-electron chi connectivity index (χ1n) is 8.59. The maximum atomic E-state index is 12.3. The Morgan fingerprint density at radius 3 is 2.50 bits per heavy atom. The fourth-order valence-corrected chi connectivity index (χ4v) is 3.08. The van der Waals surface area contributed by atoms with Crippen molar-refractivity contribution in [2.45, 2.75) is 40.3 Å². The Bertz CT molecular complexity index is 793. The van der Waals surface area contributed by atoms with Gasteiger partial charge in [-0.1, -0.05) is 18.2 Å². The van der Waals surface area contributed by atoms with Gasteiger partial charge in [0.25, 0.3) is 5.91 Å². The second-order valence-electron chi connectivity index (χ2n) is 6.41. The van der Waals surface area contributed by atoms with Crippen LogP contribution in [-0.2, 0) is 16.1 Å². The highest BCUT2D eigenvalue weighted by molar-refractivity contribution is 5.92. The van der Waals surface area contributed by atoms with E-state index in [1.165, 1.54) is 0 Å². The zero-order valence-corrected chi connectivity index (χ0v) is 16.0. The van der Waals surface area contributed by atoms with Gasteiger partial charge in [0.1, 0.15) is 5.75 Å². The summed E-state index contributed by atoms with van der Waals surface area (Å²) in [6.45, 7) is 7.93. The van der Waals surface area contributed by atoms with E-state index >= 15 is 0 Å². The summed E-state index contributed by atoms with van der Waals surface area (Å²) in [5.74, 6) is -0.148. The normalized spacial score (nSPS) is 10.7. The van der Waals surface area contributed by atoms with Crippen molar-refractivity contribution in [3.8, 4) is 5.75 Å². The number of esters is 1. The minimum absolute atomic E-state index is 0.251. The molecular weight excluding hydrogens is 332 g/mol. The lowest BCUT2D eigenvalue weighted by Crippen LogP contribution is -2.28. The smallest absolute Gasteiger partial charge is 0.340 e. The molecule has 0 fully saturated rings. The number of aryl methyl sites for hydroxylation is 1. The molecule has 1 aromatic heterocycles. The molecule has 1 aromatic carbocycles. The van der Waals surface area contributed by atoms with Crippen molar-refractivity contribution < 1.29 is 19.1 Å². The Hall–Kier alpha value is -2.76. The number of para-hydroxylation sites is 1. The molecule has 0 spiro atoms. The molecule has 1 N–H and O–H groups in total. The largest absolute Gasteiger partial charge is 0.496 e. The van der Waals surface area contributed by atoms with E-state index in [4.69, 9.17) is 9.47 Å². The molecule has 0 radical (unpaired) electrons. The van der Waals surface area contributed by atoms with Gasteiger partial charge >= 0.3 is 5.97 Å². The zero-order valence-electron chi connectivity index (χ0n) is 16.0. The maximum absolute atomic E-state index is 12.3. The van der Waals surface area contributed by atoms with Gasteiger partial charge in [-0.3, -0.25) is 4.79 Å². The quantitative estimate of drug-likeness (QED) is 0.772. The molecule has 0 aliphatic heterocycles. The lowest BCUT2D eigenvalue weighted by molar-refractivity contribution is -0.124. The van der Waals surface area contributed by atoms with Gasteiger partial charge in [0, 0.05) is 29.5 Å². The van der Waals surface area contributed by atoms with Crippen molar-refractivity contribution in [1.82, 2.24) is 9.88 Å². The third-order valence-electron chi connectivity index (χ3n) is 4.22. The fraction of sp³-hybridized carbons (Fsp3) is 0.400. The Morgan fingerprint density at radius 1 is 1.19 bits per heavy atom. The molecule has 0 saturated heterocycles. The van der Waals surface area contributed by atoms with Gasteiger partial charge in [-0.2, -0.15) is 0 Å². The van der Waals surface area contributed by atoms with Crippen LogP contribution in [0, 0.1) is 13.8 Å². The fourth-order valence-electron chi connectivity index (χ4n) is 3.08. The third kappa shape index (κ3) is 4.45. The van der Waals surface area contributed by atoms with E-state index in [9.17, 15) is 9.59 Å². The summed E-state index contributed by atoms with van der Waals surface area (Å²) < 4.78 is 12.5. The number of nitrogens with zero attached hydrogens (tertiary/aromatic N) is 1. The van der Waals surface area contributed by atoms with E-state index in [1.807, 2.05) is 38.1 Å². The van der Waals surface area contributed by atoms with Crippen molar-refractivity contribution in [2.75, 3.05) is 13.7 Å². The molecule has 0 saturated carbocycles. The summed E-state index contributed by atoms with van der Waals surface area (Å²) in [7, 11) is 1.58. The number of rotatable bonds is 7. The molecule has 2 rings (SSSR count). The van der Waals surface area contributed by atoms with Gasteiger partial charge in [0.15, 0.2) is 6.61 Å². The predicted molar refractivity (Wildman–Crippen MR) is 99.4 cm³/mol. The first-order valence-corrected chi connectivity index (χ1v) is 8.59. The molecule has 0 aliphatic rings. The lowest BCUT2D eigenvalue weighted by atomic mass is 10.2. The highest BCUT2D eigenvalue weighted by Crippen LogP contribution is 2.21. The second kappa shape index (κ2) is 8.56. The Kier molecular flexibility index (Phi) is 6.44. The second-order valence-corrected chi connectivity index (χ2v) is 6.41. The average Bonchev–Trinajstić information content (AvgIpc) is 2.92. The Labute approximate surface area is 154 Å². The number of carbonyl (C=O) groups is 2. The minimum atomic E-state index is -0.488. The maximum Gasteiger partial charge on any atom is 0.340 e. The highest BCUT2D eigenvalue weighted by atomic mass is 16.5. The van der Waals surface area contributed by atoms with Crippen LogP contribution in [0.2, 0.25) is 0 Å². The number of aromatic nitrogens is 1. The molecule has 0 atom stereocenters. The highest BCUT2D eigenvalue weighted by Gasteiger charge is 2.19. The molecule has 1 amide bonds. The molecule has 0 aliphatic carbocycles. The summed E-state index contributed by atoms with van der Waals surface area (Å²) in [6, 6.07) is 9.47. The topological polar surface area (TPSA) is 69.6 Å². The van der Waals surface area contributed by atoms with Crippen LogP contribution in [-0.4, -0.2) is 30.2 Å². The van der Waals surface area contributed by atoms with Crippen LogP contribution >= 0.6 is 0 Å². The number of ether oxygens (including phenoxy) is 2. The summed E-state index contributed by atoms with van der Waals surface area (Å²) >= 11 is 0. The first kappa shape index (κ1) is 19.6. The van der Waals surface area contributed by atoms with Gasteiger partial charge in [-0.15, -0.1) is 0 Å². The van der Waals surface area contributed by atoms with E-state index in [0.29, 0.717) is 17.9 Å². The molecule has 6 heteroatoms. The molecule has 26 heavy (non-hydrogen) atoms. The number of benzene rings is 1. The van der Waals surface area contributed by atoms with E-state index in [-0.39, 0.29) is 18.6 Å². The van der Waals surface area contributed by atoms with Gasteiger partial charge < -0.3 is 19.4 Å². The van der Waals surface area contributed by atoms with E-state index in [2.05, 4.69) is 23.7 Å². The number of hydrogen-bond donors (Lipinski definition) is 1. The summed E-state index contributed by atoms with van der Waals surface area (Å²) in [5.41, 5.74) is 3.19. The van der Waals surface area contributed by atoms with Crippen molar-refractivity contribution in [3.05, 3.63) is 52.8 Å². The number of methoxy groups -OCH3 is 1. The summed E-state index contributed by atoms with van der Waals surface area (Å²) in [4.78, 5) is 24.3. The van der Waals surface area contributed by atoms with Crippen LogP contribution in [0.3, 0.4) is 0 Å². The van der Waals surface area contributed by atoms with Crippen molar-refractivity contribution in [3.63, 3.8) is 0 Å². The molecule has 140 valence electrons. The predicted octanol–water partition coefficient (Wildman–Crippen LogP) is 3.17. The van der Waals surface area contributed by atoms with Crippen LogP contribution < -0.4 is 10.1 Å². The summed E-state index contributed by atoms with van der Waals surface area (Å²) in [5, 5.41) is 2.73.